The molecular weight excluding hydrogens is 262 g/mol. The van der Waals surface area contributed by atoms with Gasteiger partial charge in [-0.25, -0.2) is 4.98 Å². The van der Waals surface area contributed by atoms with Crippen LogP contribution >= 0.6 is 0 Å². The molecule has 2 aromatic rings. The number of ether oxygens (including phenoxy) is 1. The van der Waals surface area contributed by atoms with Crippen LogP contribution in [0.4, 0.5) is 0 Å². The van der Waals surface area contributed by atoms with Gasteiger partial charge in [-0.1, -0.05) is 32.9 Å². The van der Waals surface area contributed by atoms with Gasteiger partial charge in [-0.05, 0) is 42.2 Å². The molecule has 0 saturated carbocycles. The normalized spacial score (nSPS) is 11.2. The van der Waals surface area contributed by atoms with Gasteiger partial charge >= 0.3 is 0 Å². The number of hydrogen-bond donors (Lipinski definition) is 2. The van der Waals surface area contributed by atoms with Crippen molar-refractivity contribution in [1.29, 1.82) is 5.41 Å². The van der Waals surface area contributed by atoms with E-state index in [2.05, 4.69) is 25.8 Å². The molecule has 2 rings (SSSR count). The Kier molecular flexibility index (Phi) is 3.98. The fraction of sp³-hybridized carbons (Fsp3) is 0.294. The number of hydrogen-bond acceptors (Lipinski definition) is 3. The lowest BCUT2D eigenvalue weighted by Crippen LogP contribution is -2.13. The van der Waals surface area contributed by atoms with E-state index in [1.165, 1.54) is 5.56 Å². The molecule has 0 spiro atoms. The molecule has 0 unspecified atom stereocenters. The molecule has 0 fully saturated rings. The number of nitrogens with one attached hydrogen (secondary N) is 1. The number of rotatable bonds is 3. The van der Waals surface area contributed by atoms with E-state index in [1.807, 2.05) is 37.3 Å². The first-order valence-electron chi connectivity index (χ1n) is 6.88. The summed E-state index contributed by atoms with van der Waals surface area (Å²) in [6, 6.07) is 11.5. The summed E-state index contributed by atoms with van der Waals surface area (Å²) in [4.78, 5) is 4.32. The molecule has 1 aromatic carbocycles. The van der Waals surface area contributed by atoms with Crippen LogP contribution in [0.25, 0.3) is 0 Å². The number of nitrogens with two attached hydrogens (primary N) is 1. The predicted molar refractivity (Wildman–Crippen MR) is 85.2 cm³/mol. The molecule has 0 atom stereocenters. The molecule has 0 amide bonds. The van der Waals surface area contributed by atoms with Crippen LogP contribution in [0, 0.1) is 12.3 Å². The number of aryl methyl sites for hydroxylation is 1. The summed E-state index contributed by atoms with van der Waals surface area (Å²) in [5, 5.41) is 7.59. The fourth-order valence-electron chi connectivity index (χ4n) is 1.95. The fourth-order valence-corrected chi connectivity index (χ4v) is 1.95. The third-order valence-corrected chi connectivity index (χ3v) is 3.22. The van der Waals surface area contributed by atoms with Crippen LogP contribution in [-0.4, -0.2) is 10.8 Å². The summed E-state index contributed by atoms with van der Waals surface area (Å²) in [6.07, 6.45) is 0. The van der Waals surface area contributed by atoms with E-state index in [-0.39, 0.29) is 11.3 Å². The van der Waals surface area contributed by atoms with Crippen molar-refractivity contribution in [1.82, 2.24) is 4.98 Å². The smallest absolute Gasteiger partial charge is 0.230 e. The third-order valence-electron chi connectivity index (χ3n) is 3.22. The second kappa shape index (κ2) is 5.56. The predicted octanol–water partition coefficient (Wildman–Crippen LogP) is 3.76. The van der Waals surface area contributed by atoms with Crippen molar-refractivity contribution in [3.05, 3.63) is 53.2 Å². The minimum atomic E-state index is -0.0520. The molecule has 21 heavy (non-hydrogen) atoms. The highest BCUT2D eigenvalue weighted by atomic mass is 16.5. The van der Waals surface area contributed by atoms with Crippen LogP contribution in [0.1, 0.15) is 37.6 Å². The summed E-state index contributed by atoms with van der Waals surface area (Å²) >= 11 is 0. The van der Waals surface area contributed by atoms with Gasteiger partial charge < -0.3 is 10.5 Å². The van der Waals surface area contributed by atoms with Gasteiger partial charge in [0.1, 0.15) is 11.6 Å². The van der Waals surface area contributed by atoms with Crippen molar-refractivity contribution in [3.63, 3.8) is 0 Å². The molecule has 0 aliphatic heterocycles. The highest BCUT2D eigenvalue weighted by Gasteiger charge is 2.14. The Balaban J connectivity index is 2.30. The summed E-state index contributed by atoms with van der Waals surface area (Å²) in [5.74, 6) is 0.999. The molecular formula is C17H21N3O. The van der Waals surface area contributed by atoms with E-state index >= 15 is 0 Å². The number of nitrogens with zero attached hydrogens (tertiary/aromatic N) is 1. The van der Waals surface area contributed by atoms with Gasteiger partial charge in [0.25, 0.3) is 0 Å². The lowest BCUT2D eigenvalue weighted by molar-refractivity contribution is 0.459. The third kappa shape index (κ3) is 3.60. The van der Waals surface area contributed by atoms with E-state index in [4.69, 9.17) is 15.9 Å². The van der Waals surface area contributed by atoms with E-state index in [9.17, 15) is 0 Å². The van der Waals surface area contributed by atoms with Gasteiger partial charge in [0, 0.05) is 5.69 Å². The number of amidine groups is 1. The van der Waals surface area contributed by atoms with Crippen molar-refractivity contribution in [2.75, 3.05) is 0 Å². The SMILES string of the molecule is Cc1ccc(C(=N)N)c(Oc2ccc(C(C)(C)C)cc2)n1. The largest absolute Gasteiger partial charge is 0.438 e. The molecule has 0 aliphatic carbocycles. The Hall–Kier alpha value is -2.36. The van der Waals surface area contributed by atoms with Crippen molar-refractivity contribution < 1.29 is 4.74 Å². The second-order valence-corrected chi connectivity index (χ2v) is 6.10. The number of nitrogen functional groups attached to an aromatic ring is 1. The molecule has 3 N–H and O–H groups in total. The van der Waals surface area contributed by atoms with Crippen LogP contribution in [0.2, 0.25) is 0 Å². The zero-order valence-corrected chi connectivity index (χ0v) is 12.9. The Morgan fingerprint density at radius 2 is 1.71 bits per heavy atom. The molecule has 0 radical (unpaired) electrons. The van der Waals surface area contributed by atoms with Gasteiger partial charge in [-0.2, -0.15) is 0 Å². The molecule has 0 bridgehead atoms. The van der Waals surface area contributed by atoms with Crippen LogP contribution in [0.15, 0.2) is 36.4 Å². The zero-order valence-electron chi connectivity index (χ0n) is 12.9. The first kappa shape index (κ1) is 15.0. The van der Waals surface area contributed by atoms with Gasteiger partial charge in [-0.15, -0.1) is 0 Å². The Morgan fingerprint density at radius 1 is 1.10 bits per heavy atom. The van der Waals surface area contributed by atoms with Gasteiger partial charge in [0.05, 0.1) is 5.56 Å². The molecule has 0 saturated heterocycles. The van der Waals surface area contributed by atoms with E-state index in [1.54, 1.807) is 6.07 Å². The molecule has 1 heterocycles. The molecule has 110 valence electrons. The van der Waals surface area contributed by atoms with E-state index < -0.39 is 0 Å². The summed E-state index contributed by atoms with van der Waals surface area (Å²) < 4.78 is 5.79. The van der Waals surface area contributed by atoms with Gasteiger partial charge in [0.2, 0.25) is 5.88 Å². The minimum absolute atomic E-state index is 0.0520. The van der Waals surface area contributed by atoms with Crippen LogP contribution in [0.3, 0.4) is 0 Å². The maximum Gasteiger partial charge on any atom is 0.230 e. The lowest BCUT2D eigenvalue weighted by atomic mass is 9.87. The Morgan fingerprint density at radius 3 is 2.24 bits per heavy atom. The first-order chi connectivity index (χ1) is 9.77. The summed E-state index contributed by atoms with van der Waals surface area (Å²) in [5.41, 5.74) is 8.22. The van der Waals surface area contributed by atoms with Gasteiger partial charge in [-0.3, -0.25) is 5.41 Å². The average molecular weight is 283 g/mol. The number of pyridine rings is 1. The second-order valence-electron chi connectivity index (χ2n) is 6.10. The number of aromatic nitrogens is 1. The van der Waals surface area contributed by atoms with Crippen molar-refractivity contribution in [2.24, 2.45) is 5.73 Å². The molecule has 4 nitrogen and oxygen atoms in total. The van der Waals surface area contributed by atoms with Crippen LogP contribution in [0.5, 0.6) is 11.6 Å². The Labute approximate surface area is 125 Å². The molecule has 0 aliphatic rings. The lowest BCUT2D eigenvalue weighted by Gasteiger charge is -2.19. The van der Waals surface area contributed by atoms with Crippen molar-refractivity contribution in [2.45, 2.75) is 33.1 Å². The summed E-state index contributed by atoms with van der Waals surface area (Å²) in [7, 11) is 0. The maximum absolute atomic E-state index is 7.59. The Bertz CT molecular complexity index is 655. The number of benzene rings is 1. The molecule has 1 aromatic heterocycles. The zero-order chi connectivity index (χ0) is 15.6. The van der Waals surface area contributed by atoms with Crippen molar-refractivity contribution >= 4 is 5.84 Å². The summed E-state index contributed by atoms with van der Waals surface area (Å²) in [6.45, 7) is 8.37. The molecule has 4 heteroatoms. The van der Waals surface area contributed by atoms with E-state index in [0.717, 1.165) is 5.69 Å². The first-order valence-corrected chi connectivity index (χ1v) is 6.88. The average Bonchev–Trinajstić information content (AvgIpc) is 2.38. The highest BCUT2D eigenvalue weighted by molar-refractivity contribution is 5.97. The van der Waals surface area contributed by atoms with Crippen LogP contribution < -0.4 is 10.5 Å². The van der Waals surface area contributed by atoms with Gasteiger partial charge in [0.15, 0.2) is 0 Å². The van der Waals surface area contributed by atoms with Crippen LogP contribution in [-0.2, 0) is 5.41 Å². The quantitative estimate of drug-likeness (QED) is 0.665. The minimum Gasteiger partial charge on any atom is -0.438 e. The standard InChI is InChI=1S/C17H21N3O/c1-11-5-10-14(15(18)19)16(20-11)21-13-8-6-12(7-9-13)17(2,3)4/h5-10H,1-4H3,(H3,18,19). The topological polar surface area (TPSA) is 72.0 Å². The van der Waals surface area contributed by atoms with E-state index in [0.29, 0.717) is 17.2 Å². The highest BCUT2D eigenvalue weighted by Crippen LogP contribution is 2.27. The van der Waals surface area contributed by atoms with Crippen molar-refractivity contribution in [3.8, 4) is 11.6 Å². The monoisotopic (exact) mass is 283 g/mol. The maximum atomic E-state index is 7.59.